The summed E-state index contributed by atoms with van der Waals surface area (Å²) in [5.74, 6) is 0.348. The number of hydrogen-bond acceptors (Lipinski definition) is 4. The van der Waals surface area contributed by atoms with Gasteiger partial charge in [0.25, 0.3) is 0 Å². The van der Waals surface area contributed by atoms with E-state index < -0.39 is 0 Å². The third-order valence-electron chi connectivity index (χ3n) is 4.02. The van der Waals surface area contributed by atoms with Crippen LogP contribution in [0.4, 0.5) is 5.69 Å². The molecule has 0 fully saturated rings. The molecule has 2 N–H and O–H groups in total. The van der Waals surface area contributed by atoms with E-state index in [9.17, 15) is 14.4 Å². The van der Waals surface area contributed by atoms with Gasteiger partial charge in [0.05, 0.1) is 7.11 Å². The fourth-order valence-corrected chi connectivity index (χ4v) is 2.76. The van der Waals surface area contributed by atoms with Crippen LogP contribution in [0, 0.1) is 0 Å². The van der Waals surface area contributed by atoms with Crippen LogP contribution in [0.5, 0.6) is 5.75 Å². The topological polar surface area (TPSA) is 84.5 Å². The van der Waals surface area contributed by atoms with E-state index in [-0.39, 0.29) is 37.0 Å². The van der Waals surface area contributed by atoms with Crippen molar-refractivity contribution in [2.75, 3.05) is 19.0 Å². The summed E-state index contributed by atoms with van der Waals surface area (Å²) in [6.45, 7) is 0.258. The number of Topliss-reactive ketones (excluding diaryl/α,β-unsaturated/α-hetero) is 1. The number of rotatable bonds is 10. The maximum atomic E-state index is 12.1. The van der Waals surface area contributed by atoms with Gasteiger partial charge in [0.2, 0.25) is 11.8 Å². The van der Waals surface area contributed by atoms with Gasteiger partial charge in [-0.05, 0) is 55.0 Å². The van der Waals surface area contributed by atoms with E-state index in [1.807, 2.05) is 12.1 Å². The predicted molar refractivity (Wildman–Crippen MR) is 112 cm³/mol. The first-order chi connectivity index (χ1) is 13.5. The summed E-state index contributed by atoms with van der Waals surface area (Å²) in [5, 5.41) is 5.46. The van der Waals surface area contributed by atoms with Gasteiger partial charge in [-0.1, -0.05) is 15.9 Å². The van der Waals surface area contributed by atoms with Crippen LogP contribution < -0.4 is 15.4 Å². The SMILES string of the molecule is COc1ccc(C(=O)CCCC(=O)NCCC(=O)Nc2ccc(Br)cc2)cc1. The van der Waals surface area contributed by atoms with E-state index in [1.54, 1.807) is 43.5 Å². The van der Waals surface area contributed by atoms with Crippen molar-refractivity contribution < 1.29 is 19.1 Å². The number of halogens is 1. The molecule has 148 valence electrons. The number of carbonyl (C=O) groups is 3. The Labute approximate surface area is 172 Å². The number of nitrogens with one attached hydrogen (secondary N) is 2. The second kappa shape index (κ2) is 11.2. The Balaban J connectivity index is 1.60. The largest absolute Gasteiger partial charge is 0.497 e. The molecule has 0 bridgehead atoms. The lowest BCUT2D eigenvalue weighted by molar-refractivity contribution is -0.121. The molecule has 0 saturated heterocycles. The summed E-state index contributed by atoms with van der Waals surface area (Å²) >= 11 is 3.33. The highest BCUT2D eigenvalue weighted by atomic mass is 79.9. The first-order valence-electron chi connectivity index (χ1n) is 8.97. The molecule has 2 aromatic rings. The third kappa shape index (κ3) is 7.52. The molecular weight excluding hydrogens is 424 g/mol. The van der Waals surface area contributed by atoms with E-state index >= 15 is 0 Å². The fourth-order valence-electron chi connectivity index (χ4n) is 2.49. The van der Waals surface area contributed by atoms with E-state index in [0.29, 0.717) is 29.8 Å². The van der Waals surface area contributed by atoms with E-state index in [2.05, 4.69) is 26.6 Å². The highest BCUT2D eigenvalue weighted by Gasteiger charge is 2.09. The quantitative estimate of drug-likeness (QED) is 0.541. The Morgan fingerprint density at radius 1 is 0.893 bits per heavy atom. The molecule has 0 aromatic heterocycles. The Bertz CT molecular complexity index is 804. The van der Waals surface area contributed by atoms with Gasteiger partial charge in [-0.15, -0.1) is 0 Å². The molecule has 2 aromatic carbocycles. The van der Waals surface area contributed by atoms with E-state index in [1.165, 1.54) is 0 Å². The van der Waals surface area contributed by atoms with E-state index in [4.69, 9.17) is 4.74 Å². The summed E-state index contributed by atoms with van der Waals surface area (Å²) in [6.07, 6.45) is 1.19. The monoisotopic (exact) mass is 446 g/mol. The van der Waals surface area contributed by atoms with Crippen LogP contribution in [-0.4, -0.2) is 31.3 Å². The fraction of sp³-hybridized carbons (Fsp3) is 0.286. The predicted octanol–water partition coefficient (Wildman–Crippen LogP) is 3.96. The first-order valence-corrected chi connectivity index (χ1v) is 9.76. The van der Waals surface area contributed by atoms with Crippen LogP contribution in [0.2, 0.25) is 0 Å². The van der Waals surface area contributed by atoms with Crippen LogP contribution in [-0.2, 0) is 9.59 Å². The first kappa shape index (κ1) is 21.6. The van der Waals surface area contributed by atoms with Crippen molar-refractivity contribution in [2.45, 2.75) is 25.7 Å². The molecule has 0 heterocycles. The highest BCUT2D eigenvalue weighted by molar-refractivity contribution is 9.10. The molecule has 2 amide bonds. The molecular formula is C21H23BrN2O4. The standard InChI is InChI=1S/C21H23BrN2O4/c1-28-18-11-5-15(6-12-18)19(25)3-2-4-20(26)23-14-13-21(27)24-17-9-7-16(22)8-10-17/h5-12H,2-4,13-14H2,1H3,(H,23,26)(H,24,27). The second-order valence-electron chi connectivity index (χ2n) is 6.16. The van der Waals surface area contributed by atoms with Gasteiger partial charge in [-0.25, -0.2) is 0 Å². The zero-order chi connectivity index (χ0) is 20.4. The zero-order valence-electron chi connectivity index (χ0n) is 15.7. The highest BCUT2D eigenvalue weighted by Crippen LogP contribution is 2.15. The smallest absolute Gasteiger partial charge is 0.226 e. The van der Waals surface area contributed by atoms with Crippen LogP contribution in [0.3, 0.4) is 0 Å². The maximum absolute atomic E-state index is 12.1. The van der Waals surface area contributed by atoms with Gasteiger partial charge in [-0.3, -0.25) is 14.4 Å². The minimum Gasteiger partial charge on any atom is -0.497 e. The Morgan fingerprint density at radius 3 is 2.21 bits per heavy atom. The lowest BCUT2D eigenvalue weighted by Gasteiger charge is -2.07. The molecule has 0 spiro atoms. The van der Waals surface area contributed by atoms with Crippen molar-refractivity contribution in [1.82, 2.24) is 5.32 Å². The van der Waals surface area contributed by atoms with Crippen LogP contribution in [0.15, 0.2) is 53.0 Å². The number of ether oxygens (including phenoxy) is 1. The van der Waals surface area contributed by atoms with Gasteiger partial charge in [0, 0.05) is 41.5 Å². The Hall–Kier alpha value is -2.67. The summed E-state index contributed by atoms with van der Waals surface area (Å²) in [7, 11) is 1.57. The van der Waals surface area contributed by atoms with Crippen molar-refractivity contribution in [3.63, 3.8) is 0 Å². The summed E-state index contributed by atoms with van der Waals surface area (Å²) < 4.78 is 5.99. The van der Waals surface area contributed by atoms with Crippen molar-refractivity contribution in [1.29, 1.82) is 0 Å². The molecule has 28 heavy (non-hydrogen) atoms. The molecule has 6 nitrogen and oxygen atoms in total. The molecule has 0 atom stereocenters. The van der Waals surface area contributed by atoms with Gasteiger partial charge in [0.1, 0.15) is 5.75 Å². The van der Waals surface area contributed by atoms with Gasteiger partial charge >= 0.3 is 0 Å². The zero-order valence-corrected chi connectivity index (χ0v) is 17.3. The lowest BCUT2D eigenvalue weighted by Crippen LogP contribution is -2.27. The minimum atomic E-state index is -0.169. The molecule has 7 heteroatoms. The Kier molecular flexibility index (Phi) is 8.68. The van der Waals surface area contributed by atoms with Gasteiger partial charge in [0.15, 0.2) is 5.78 Å². The minimum absolute atomic E-state index is 0.00988. The number of methoxy groups -OCH3 is 1. The van der Waals surface area contributed by atoms with Crippen LogP contribution in [0.1, 0.15) is 36.0 Å². The van der Waals surface area contributed by atoms with Crippen molar-refractivity contribution in [3.8, 4) is 5.75 Å². The number of anilines is 1. The maximum Gasteiger partial charge on any atom is 0.226 e. The molecule has 0 saturated carbocycles. The molecule has 0 unspecified atom stereocenters. The molecule has 0 aliphatic carbocycles. The third-order valence-corrected chi connectivity index (χ3v) is 4.55. The Morgan fingerprint density at radius 2 is 1.57 bits per heavy atom. The summed E-state index contributed by atoms with van der Waals surface area (Å²) in [4.78, 5) is 35.8. The molecule has 2 rings (SSSR count). The van der Waals surface area contributed by atoms with Crippen molar-refractivity contribution in [2.24, 2.45) is 0 Å². The summed E-state index contributed by atoms with van der Waals surface area (Å²) in [6, 6.07) is 14.2. The molecule has 0 aliphatic rings. The number of hydrogen-bond donors (Lipinski definition) is 2. The van der Waals surface area contributed by atoms with Crippen molar-refractivity contribution >= 4 is 39.2 Å². The number of benzene rings is 2. The molecule has 0 radical (unpaired) electrons. The van der Waals surface area contributed by atoms with Crippen LogP contribution in [0.25, 0.3) is 0 Å². The van der Waals surface area contributed by atoms with Gasteiger partial charge < -0.3 is 15.4 Å². The normalized spacial score (nSPS) is 10.2. The second-order valence-corrected chi connectivity index (χ2v) is 7.08. The summed E-state index contributed by atoms with van der Waals surface area (Å²) in [5.41, 5.74) is 1.31. The van der Waals surface area contributed by atoms with E-state index in [0.717, 1.165) is 4.47 Å². The average Bonchev–Trinajstić information content (AvgIpc) is 2.69. The van der Waals surface area contributed by atoms with Crippen LogP contribution >= 0.6 is 15.9 Å². The molecule has 0 aliphatic heterocycles. The number of ketones is 1. The lowest BCUT2D eigenvalue weighted by atomic mass is 10.1. The average molecular weight is 447 g/mol. The number of amides is 2. The van der Waals surface area contributed by atoms with Gasteiger partial charge in [-0.2, -0.15) is 0 Å². The number of carbonyl (C=O) groups excluding carboxylic acids is 3. The van der Waals surface area contributed by atoms with Crippen molar-refractivity contribution in [3.05, 3.63) is 58.6 Å².